The molecule has 1 aromatic rings. The number of sulfonamides is 1. The second kappa shape index (κ2) is 6.52. The van der Waals surface area contributed by atoms with E-state index in [1.807, 2.05) is 0 Å². The van der Waals surface area contributed by atoms with E-state index in [4.69, 9.17) is 0 Å². The van der Waals surface area contributed by atoms with Gasteiger partial charge >= 0.3 is 5.97 Å². The lowest BCUT2D eigenvalue weighted by Gasteiger charge is -2.21. The molecule has 1 fully saturated rings. The van der Waals surface area contributed by atoms with Crippen molar-refractivity contribution in [2.24, 2.45) is 5.41 Å². The SMILES string of the molecule is CCNS(=O)(=O)c1ccc(C)c(C(=O)N2CCC(C)(C(=O)O)C2)c1. The van der Waals surface area contributed by atoms with Gasteiger partial charge in [-0.1, -0.05) is 13.0 Å². The molecule has 0 bridgehead atoms. The van der Waals surface area contributed by atoms with Crippen LogP contribution in [0.5, 0.6) is 0 Å². The highest BCUT2D eigenvalue weighted by atomic mass is 32.2. The van der Waals surface area contributed by atoms with E-state index >= 15 is 0 Å². The van der Waals surface area contributed by atoms with Gasteiger partial charge in [0.1, 0.15) is 0 Å². The molecule has 0 aliphatic carbocycles. The Labute approximate surface area is 141 Å². The Hall–Kier alpha value is -1.93. The number of hydrogen-bond acceptors (Lipinski definition) is 4. The van der Waals surface area contributed by atoms with E-state index in [2.05, 4.69) is 4.72 Å². The van der Waals surface area contributed by atoms with Crippen molar-refractivity contribution < 1.29 is 23.1 Å². The summed E-state index contributed by atoms with van der Waals surface area (Å²) in [5, 5.41) is 9.28. The molecule has 7 nitrogen and oxygen atoms in total. The number of benzene rings is 1. The van der Waals surface area contributed by atoms with Gasteiger partial charge in [-0.05, 0) is 38.0 Å². The molecule has 0 aromatic heterocycles. The number of carboxylic acid groups (broad SMARTS) is 1. The number of aliphatic carboxylic acids is 1. The molecule has 8 heteroatoms. The van der Waals surface area contributed by atoms with E-state index in [1.165, 1.54) is 17.0 Å². The maximum Gasteiger partial charge on any atom is 0.311 e. The molecule has 2 N–H and O–H groups in total. The number of amides is 1. The minimum absolute atomic E-state index is 0.0264. The molecule has 1 unspecified atom stereocenters. The average Bonchev–Trinajstić information content (AvgIpc) is 2.91. The van der Waals surface area contributed by atoms with Crippen molar-refractivity contribution in [3.63, 3.8) is 0 Å². The molecular formula is C16H22N2O5S. The summed E-state index contributed by atoms with van der Waals surface area (Å²) in [6.45, 7) is 5.72. The van der Waals surface area contributed by atoms with Gasteiger partial charge in [0.25, 0.3) is 5.91 Å². The lowest BCUT2D eigenvalue weighted by atomic mass is 9.90. The third-order valence-electron chi connectivity index (χ3n) is 4.36. The first-order chi connectivity index (χ1) is 11.1. The fourth-order valence-corrected chi connectivity index (χ4v) is 3.82. The molecule has 1 aliphatic rings. The predicted octanol–water partition coefficient (Wildman–Crippen LogP) is 1.23. The molecule has 1 amide bonds. The van der Waals surface area contributed by atoms with Gasteiger partial charge in [-0.2, -0.15) is 0 Å². The second-order valence-corrected chi connectivity index (χ2v) is 8.09. The molecule has 132 valence electrons. The Morgan fingerprint density at radius 1 is 1.38 bits per heavy atom. The average molecular weight is 354 g/mol. The lowest BCUT2D eigenvalue weighted by Crippen LogP contribution is -2.35. The summed E-state index contributed by atoms with van der Waals surface area (Å²) in [4.78, 5) is 25.6. The summed E-state index contributed by atoms with van der Waals surface area (Å²) in [5.41, 5.74) is -0.0280. The fourth-order valence-electron chi connectivity index (χ4n) is 2.75. The third-order valence-corrected chi connectivity index (χ3v) is 5.90. The number of carbonyl (C=O) groups is 2. The van der Waals surface area contributed by atoms with Crippen molar-refractivity contribution in [3.8, 4) is 0 Å². The first kappa shape index (κ1) is 18.4. The molecule has 1 heterocycles. The molecule has 1 atom stereocenters. The number of nitrogens with zero attached hydrogens (tertiary/aromatic N) is 1. The van der Waals surface area contributed by atoms with Gasteiger partial charge in [0.2, 0.25) is 10.0 Å². The highest BCUT2D eigenvalue weighted by molar-refractivity contribution is 7.89. The highest BCUT2D eigenvalue weighted by Gasteiger charge is 2.42. The second-order valence-electron chi connectivity index (χ2n) is 6.32. The molecule has 0 saturated carbocycles. The number of carboxylic acids is 1. The van der Waals surface area contributed by atoms with E-state index in [1.54, 1.807) is 26.8 Å². The van der Waals surface area contributed by atoms with Crippen molar-refractivity contribution in [2.75, 3.05) is 19.6 Å². The van der Waals surface area contributed by atoms with Crippen LogP contribution in [-0.2, 0) is 14.8 Å². The molecule has 0 radical (unpaired) electrons. The van der Waals surface area contributed by atoms with Gasteiger partial charge in [-0.25, -0.2) is 13.1 Å². The first-order valence-electron chi connectivity index (χ1n) is 7.74. The van der Waals surface area contributed by atoms with Crippen LogP contribution in [0.1, 0.15) is 36.2 Å². The molecule has 2 rings (SSSR count). The smallest absolute Gasteiger partial charge is 0.311 e. The van der Waals surface area contributed by atoms with Crippen molar-refractivity contribution in [1.82, 2.24) is 9.62 Å². The third kappa shape index (κ3) is 3.44. The van der Waals surface area contributed by atoms with E-state index in [9.17, 15) is 23.1 Å². The predicted molar refractivity (Wildman–Crippen MR) is 88.3 cm³/mol. The van der Waals surface area contributed by atoms with Gasteiger partial charge in [0.05, 0.1) is 10.3 Å². The van der Waals surface area contributed by atoms with Crippen molar-refractivity contribution in [3.05, 3.63) is 29.3 Å². The summed E-state index contributed by atoms with van der Waals surface area (Å²) in [5.74, 6) is -1.27. The van der Waals surface area contributed by atoms with E-state index < -0.39 is 21.4 Å². The van der Waals surface area contributed by atoms with Crippen LogP contribution in [0.15, 0.2) is 23.1 Å². The monoisotopic (exact) mass is 354 g/mol. The first-order valence-corrected chi connectivity index (χ1v) is 9.22. The molecule has 0 spiro atoms. The summed E-state index contributed by atoms with van der Waals surface area (Å²) in [6.07, 6.45) is 0.377. The van der Waals surface area contributed by atoms with Gasteiger partial charge in [-0.15, -0.1) is 0 Å². The molecular weight excluding hydrogens is 332 g/mol. The maximum absolute atomic E-state index is 12.7. The minimum Gasteiger partial charge on any atom is -0.481 e. The Kier molecular flexibility index (Phi) is 5.00. The molecule has 1 aliphatic heterocycles. The van der Waals surface area contributed by atoms with Crippen LogP contribution >= 0.6 is 0 Å². The quantitative estimate of drug-likeness (QED) is 0.828. The van der Waals surface area contributed by atoms with Crippen LogP contribution < -0.4 is 4.72 Å². The van der Waals surface area contributed by atoms with Crippen LogP contribution in [-0.4, -0.2) is 49.9 Å². The number of aryl methyl sites for hydroxylation is 1. The van der Waals surface area contributed by atoms with Crippen molar-refractivity contribution in [2.45, 2.75) is 32.1 Å². The zero-order valence-corrected chi connectivity index (χ0v) is 14.8. The van der Waals surface area contributed by atoms with E-state index in [-0.39, 0.29) is 29.5 Å². The molecule has 1 aromatic carbocycles. The Bertz CT molecular complexity index is 775. The highest BCUT2D eigenvalue weighted by Crippen LogP contribution is 2.31. The van der Waals surface area contributed by atoms with Gasteiger partial charge in [-0.3, -0.25) is 9.59 Å². The number of likely N-dealkylation sites (tertiary alicyclic amines) is 1. The van der Waals surface area contributed by atoms with Gasteiger partial charge in [0, 0.05) is 25.2 Å². The Morgan fingerprint density at radius 2 is 2.04 bits per heavy atom. The topological polar surface area (TPSA) is 104 Å². The minimum atomic E-state index is -3.66. The van der Waals surface area contributed by atoms with Gasteiger partial charge < -0.3 is 10.0 Å². The summed E-state index contributed by atoms with van der Waals surface area (Å²) in [6, 6.07) is 4.39. The van der Waals surface area contributed by atoms with Crippen LogP contribution in [0.4, 0.5) is 0 Å². The van der Waals surface area contributed by atoms with Crippen LogP contribution in [0.2, 0.25) is 0 Å². The summed E-state index contributed by atoms with van der Waals surface area (Å²) < 4.78 is 26.6. The van der Waals surface area contributed by atoms with Crippen molar-refractivity contribution >= 4 is 21.9 Å². The summed E-state index contributed by atoms with van der Waals surface area (Å²) >= 11 is 0. The number of carbonyl (C=O) groups excluding carboxylic acids is 1. The number of nitrogens with one attached hydrogen (secondary N) is 1. The zero-order valence-electron chi connectivity index (χ0n) is 14.0. The molecule has 24 heavy (non-hydrogen) atoms. The van der Waals surface area contributed by atoms with Crippen LogP contribution in [0, 0.1) is 12.3 Å². The van der Waals surface area contributed by atoms with E-state index in [0.717, 1.165) is 0 Å². The summed E-state index contributed by atoms with van der Waals surface area (Å²) in [7, 11) is -3.66. The van der Waals surface area contributed by atoms with Crippen molar-refractivity contribution in [1.29, 1.82) is 0 Å². The Morgan fingerprint density at radius 3 is 2.58 bits per heavy atom. The number of hydrogen-bond donors (Lipinski definition) is 2. The maximum atomic E-state index is 12.7. The van der Waals surface area contributed by atoms with Gasteiger partial charge in [0.15, 0.2) is 0 Å². The van der Waals surface area contributed by atoms with Crippen LogP contribution in [0.3, 0.4) is 0 Å². The standard InChI is InChI=1S/C16H22N2O5S/c1-4-17-24(22,23)12-6-5-11(2)13(9-12)14(19)18-8-7-16(3,10-18)15(20)21/h5-6,9,17H,4,7-8,10H2,1-3H3,(H,20,21). The molecule has 1 saturated heterocycles. The normalized spacial score (nSPS) is 21.0. The zero-order chi connectivity index (χ0) is 18.1. The number of rotatable bonds is 5. The van der Waals surface area contributed by atoms with E-state index in [0.29, 0.717) is 18.5 Å². The lowest BCUT2D eigenvalue weighted by molar-refractivity contribution is -0.147. The Balaban J connectivity index is 2.32. The van der Waals surface area contributed by atoms with Crippen LogP contribution in [0.25, 0.3) is 0 Å². The largest absolute Gasteiger partial charge is 0.481 e. The fraction of sp³-hybridized carbons (Fsp3) is 0.500.